The number of aliphatic hydroxyl groups is 1. The molecule has 0 spiro atoms. The van der Waals surface area contributed by atoms with Gasteiger partial charge in [0.1, 0.15) is 5.56 Å². The minimum absolute atomic E-state index is 0.138. The number of esters is 1. The summed E-state index contributed by atoms with van der Waals surface area (Å²) in [5, 5.41) is 13.2. The molecular weight excluding hydrogens is 284 g/mol. The van der Waals surface area contributed by atoms with Crippen molar-refractivity contribution in [1.29, 1.82) is 0 Å². The summed E-state index contributed by atoms with van der Waals surface area (Å²) in [6.45, 7) is 0.959. The smallest absolute Gasteiger partial charge is 0.341 e. The lowest BCUT2D eigenvalue weighted by molar-refractivity contribution is 0.0595. The van der Waals surface area contributed by atoms with E-state index in [-0.39, 0.29) is 13.2 Å². The highest BCUT2D eigenvalue weighted by molar-refractivity contribution is 5.90. The monoisotopic (exact) mass is 304 g/mol. The Kier molecular flexibility index (Phi) is 5.68. The van der Waals surface area contributed by atoms with E-state index in [9.17, 15) is 4.79 Å². The van der Waals surface area contributed by atoms with Crippen molar-refractivity contribution in [2.24, 2.45) is 0 Å². The highest BCUT2D eigenvalue weighted by Gasteiger charge is 2.17. The van der Waals surface area contributed by atoms with Crippen molar-refractivity contribution in [3.8, 4) is 0 Å². The molecule has 1 heterocycles. The van der Waals surface area contributed by atoms with Crippen molar-refractivity contribution in [2.75, 3.05) is 20.8 Å². The molecule has 2 rings (SSSR count). The van der Waals surface area contributed by atoms with E-state index in [1.807, 2.05) is 24.3 Å². The lowest BCUT2D eigenvalue weighted by Gasteiger charge is -2.09. The Balaban J connectivity index is 2.21. The Bertz CT molecular complexity index is 620. The van der Waals surface area contributed by atoms with Crippen LogP contribution in [0.25, 0.3) is 0 Å². The predicted octanol–water partition coefficient (Wildman–Crippen LogP) is 1.40. The number of rotatable bonds is 7. The number of carbonyl (C=O) groups excluding carboxylic acids is 1. The molecule has 0 aliphatic carbocycles. The number of nitrogens with zero attached hydrogens (tertiary/aromatic N) is 2. The predicted molar refractivity (Wildman–Crippen MR) is 80.6 cm³/mol. The van der Waals surface area contributed by atoms with E-state index < -0.39 is 5.97 Å². The van der Waals surface area contributed by atoms with Crippen LogP contribution in [0.5, 0.6) is 0 Å². The second-order valence-corrected chi connectivity index (χ2v) is 4.88. The molecule has 0 bridgehead atoms. The van der Waals surface area contributed by atoms with Crippen LogP contribution in [-0.4, -0.2) is 41.7 Å². The van der Waals surface area contributed by atoms with Gasteiger partial charge in [-0.25, -0.2) is 4.79 Å². The lowest BCUT2D eigenvalue weighted by atomic mass is 10.1. The first-order valence-corrected chi connectivity index (χ1v) is 7.00. The molecule has 1 aromatic carbocycles. The Morgan fingerprint density at radius 2 is 1.91 bits per heavy atom. The van der Waals surface area contributed by atoms with Crippen molar-refractivity contribution in [1.82, 2.24) is 9.78 Å². The van der Waals surface area contributed by atoms with Gasteiger partial charge in [-0.15, -0.1) is 0 Å². The molecule has 0 unspecified atom stereocenters. The van der Waals surface area contributed by atoms with Gasteiger partial charge in [0, 0.05) is 13.7 Å². The molecule has 6 nitrogen and oxygen atoms in total. The van der Waals surface area contributed by atoms with Crippen LogP contribution in [0.1, 0.15) is 27.2 Å². The zero-order valence-electron chi connectivity index (χ0n) is 12.8. The fourth-order valence-electron chi connectivity index (χ4n) is 2.23. The maximum Gasteiger partial charge on any atom is 0.341 e. The van der Waals surface area contributed by atoms with Crippen molar-refractivity contribution in [3.63, 3.8) is 0 Å². The number of ether oxygens (including phenoxy) is 2. The Morgan fingerprint density at radius 3 is 2.50 bits per heavy atom. The van der Waals surface area contributed by atoms with Crippen molar-refractivity contribution < 1.29 is 19.4 Å². The maximum absolute atomic E-state index is 11.7. The fraction of sp³-hybridized carbons (Fsp3) is 0.375. The minimum Gasteiger partial charge on any atom is -0.465 e. The van der Waals surface area contributed by atoms with Gasteiger partial charge in [0.2, 0.25) is 0 Å². The zero-order valence-corrected chi connectivity index (χ0v) is 12.8. The molecule has 0 radical (unpaired) electrons. The average Bonchev–Trinajstić information content (AvgIpc) is 2.92. The Morgan fingerprint density at radius 1 is 1.23 bits per heavy atom. The van der Waals surface area contributed by atoms with Gasteiger partial charge in [-0.05, 0) is 17.5 Å². The number of benzene rings is 1. The summed E-state index contributed by atoms with van der Waals surface area (Å²) in [7, 11) is 2.91. The van der Waals surface area contributed by atoms with Crippen LogP contribution < -0.4 is 0 Å². The van der Waals surface area contributed by atoms with Crippen LogP contribution in [0.15, 0.2) is 30.5 Å². The molecule has 6 heteroatoms. The quantitative estimate of drug-likeness (QED) is 0.783. The highest BCUT2D eigenvalue weighted by atomic mass is 16.5. The summed E-state index contributed by atoms with van der Waals surface area (Å²) in [6, 6.07) is 7.93. The summed E-state index contributed by atoms with van der Waals surface area (Å²) in [5.41, 5.74) is 3.24. The summed E-state index contributed by atoms with van der Waals surface area (Å²) < 4.78 is 11.6. The van der Waals surface area contributed by atoms with Gasteiger partial charge >= 0.3 is 5.97 Å². The first-order valence-electron chi connectivity index (χ1n) is 7.00. The van der Waals surface area contributed by atoms with Gasteiger partial charge in [0.15, 0.2) is 0 Å². The number of hydrogen-bond acceptors (Lipinski definition) is 5. The van der Waals surface area contributed by atoms with Gasteiger partial charge in [-0.1, -0.05) is 24.3 Å². The number of aromatic nitrogens is 2. The van der Waals surface area contributed by atoms with E-state index in [4.69, 9.17) is 14.6 Å². The summed E-state index contributed by atoms with van der Waals surface area (Å²) in [4.78, 5) is 11.7. The molecule has 0 fully saturated rings. The molecule has 0 aliphatic heterocycles. The number of hydrogen-bond donors (Lipinski definition) is 1. The molecule has 2 aromatic rings. The standard InChI is InChI=1S/C16H20N2O4/c1-21-11-15-14(16(20)22-2)9-17-18(15)10-13-5-3-12(4-6-13)7-8-19/h3-6,9,19H,7-8,10-11H2,1-2H3. The van der Waals surface area contributed by atoms with Crippen LogP contribution in [0.4, 0.5) is 0 Å². The van der Waals surface area contributed by atoms with E-state index in [0.29, 0.717) is 24.2 Å². The molecule has 1 N–H and O–H groups in total. The number of methoxy groups -OCH3 is 2. The van der Waals surface area contributed by atoms with Crippen LogP contribution >= 0.6 is 0 Å². The number of carbonyl (C=O) groups is 1. The molecule has 0 aliphatic rings. The van der Waals surface area contributed by atoms with Crippen LogP contribution in [0.2, 0.25) is 0 Å². The number of aliphatic hydroxyl groups excluding tert-OH is 1. The van der Waals surface area contributed by atoms with Crippen molar-refractivity contribution in [2.45, 2.75) is 19.6 Å². The fourth-order valence-corrected chi connectivity index (χ4v) is 2.23. The molecular formula is C16H20N2O4. The van der Waals surface area contributed by atoms with Crippen molar-refractivity contribution in [3.05, 3.63) is 52.8 Å². The second-order valence-electron chi connectivity index (χ2n) is 4.88. The first kappa shape index (κ1) is 16.2. The van der Waals surface area contributed by atoms with Crippen LogP contribution in [-0.2, 0) is 29.0 Å². The van der Waals surface area contributed by atoms with Gasteiger partial charge in [-0.2, -0.15) is 5.10 Å². The molecule has 0 saturated heterocycles. The van der Waals surface area contributed by atoms with Gasteiger partial charge < -0.3 is 14.6 Å². The summed E-state index contributed by atoms with van der Waals surface area (Å²) >= 11 is 0. The van der Waals surface area contributed by atoms with Gasteiger partial charge in [0.25, 0.3) is 0 Å². The zero-order chi connectivity index (χ0) is 15.9. The second kappa shape index (κ2) is 7.72. The maximum atomic E-state index is 11.7. The summed E-state index contributed by atoms with van der Waals surface area (Å²) in [6.07, 6.45) is 2.14. The van der Waals surface area contributed by atoms with E-state index in [1.54, 1.807) is 11.8 Å². The third-order valence-corrected chi connectivity index (χ3v) is 3.39. The van der Waals surface area contributed by atoms with Crippen LogP contribution in [0, 0.1) is 0 Å². The molecule has 22 heavy (non-hydrogen) atoms. The third-order valence-electron chi connectivity index (χ3n) is 3.39. The van der Waals surface area contributed by atoms with Gasteiger partial charge in [0.05, 0.1) is 32.2 Å². The Labute approximate surface area is 129 Å². The first-order chi connectivity index (χ1) is 10.7. The summed E-state index contributed by atoms with van der Waals surface area (Å²) in [5.74, 6) is -0.420. The van der Waals surface area contributed by atoms with Gasteiger partial charge in [-0.3, -0.25) is 4.68 Å². The molecule has 0 atom stereocenters. The molecule has 1 aromatic heterocycles. The molecule has 118 valence electrons. The van der Waals surface area contributed by atoms with E-state index in [1.165, 1.54) is 13.3 Å². The topological polar surface area (TPSA) is 73.6 Å². The molecule has 0 saturated carbocycles. The van der Waals surface area contributed by atoms with E-state index >= 15 is 0 Å². The SMILES string of the molecule is COCc1c(C(=O)OC)cnn1Cc1ccc(CCO)cc1. The lowest BCUT2D eigenvalue weighted by Crippen LogP contribution is -2.11. The van der Waals surface area contributed by atoms with Crippen LogP contribution in [0.3, 0.4) is 0 Å². The largest absolute Gasteiger partial charge is 0.465 e. The normalized spacial score (nSPS) is 10.7. The average molecular weight is 304 g/mol. The van der Waals surface area contributed by atoms with E-state index in [2.05, 4.69) is 5.10 Å². The Hall–Kier alpha value is -2.18. The highest BCUT2D eigenvalue weighted by Crippen LogP contribution is 2.14. The minimum atomic E-state index is -0.420. The molecule has 0 amide bonds. The van der Waals surface area contributed by atoms with E-state index in [0.717, 1.165) is 11.1 Å². The third kappa shape index (κ3) is 3.72. The van der Waals surface area contributed by atoms with Crippen molar-refractivity contribution >= 4 is 5.97 Å².